The summed E-state index contributed by atoms with van der Waals surface area (Å²) < 4.78 is 1.87. The van der Waals surface area contributed by atoms with E-state index in [9.17, 15) is 9.59 Å². The molecule has 2 aromatic rings. The highest BCUT2D eigenvalue weighted by molar-refractivity contribution is 5.89. The summed E-state index contributed by atoms with van der Waals surface area (Å²) in [7, 11) is 1.79. The van der Waals surface area contributed by atoms with Gasteiger partial charge in [0.05, 0.1) is 23.9 Å². The van der Waals surface area contributed by atoms with E-state index in [1.807, 2.05) is 42.9 Å². The van der Waals surface area contributed by atoms with Crippen molar-refractivity contribution in [2.24, 2.45) is 5.92 Å². The quantitative estimate of drug-likeness (QED) is 0.789. The van der Waals surface area contributed by atoms with Crippen LogP contribution in [0.25, 0.3) is 0 Å². The number of aryl methyl sites for hydroxylation is 2. The molecule has 0 bridgehead atoms. The number of amides is 2. The van der Waals surface area contributed by atoms with Crippen LogP contribution in [0.2, 0.25) is 0 Å². The molecule has 0 unspecified atom stereocenters. The van der Waals surface area contributed by atoms with Gasteiger partial charge >= 0.3 is 0 Å². The van der Waals surface area contributed by atoms with Gasteiger partial charge in [-0.2, -0.15) is 5.10 Å². The molecule has 2 aromatic heterocycles. The van der Waals surface area contributed by atoms with Gasteiger partial charge in [0.25, 0.3) is 0 Å². The van der Waals surface area contributed by atoms with Gasteiger partial charge in [-0.1, -0.05) is 6.07 Å². The first-order chi connectivity index (χ1) is 12.5. The fourth-order valence-corrected chi connectivity index (χ4v) is 3.30. The number of pyridine rings is 1. The Morgan fingerprint density at radius 2 is 2.19 bits per heavy atom. The van der Waals surface area contributed by atoms with Crippen molar-refractivity contribution in [1.82, 2.24) is 24.6 Å². The number of hydrogen-bond acceptors (Lipinski definition) is 4. The van der Waals surface area contributed by atoms with E-state index < -0.39 is 0 Å². The first-order valence-corrected chi connectivity index (χ1v) is 8.93. The molecular weight excluding hydrogens is 330 g/mol. The van der Waals surface area contributed by atoms with Crippen molar-refractivity contribution in [2.45, 2.75) is 39.9 Å². The molecule has 3 heterocycles. The molecule has 0 radical (unpaired) electrons. The predicted octanol–water partition coefficient (Wildman–Crippen LogP) is 1.61. The Bertz CT molecular complexity index is 786. The maximum Gasteiger partial charge on any atom is 0.228 e. The van der Waals surface area contributed by atoms with Crippen LogP contribution < -0.4 is 0 Å². The van der Waals surface area contributed by atoms with E-state index in [2.05, 4.69) is 10.1 Å². The molecule has 26 heavy (non-hydrogen) atoms. The SMILES string of the molecule is CCn1cc(CN(C)C(=O)[C@H]2CC(=O)N(Cc3ccccn3)C2)c(C)n1. The molecule has 138 valence electrons. The highest BCUT2D eigenvalue weighted by Crippen LogP contribution is 2.22. The average Bonchev–Trinajstić information content (AvgIpc) is 3.18. The Morgan fingerprint density at radius 3 is 2.85 bits per heavy atom. The molecule has 1 saturated heterocycles. The molecule has 7 heteroatoms. The van der Waals surface area contributed by atoms with Gasteiger partial charge in [0.2, 0.25) is 11.8 Å². The number of carbonyl (C=O) groups excluding carboxylic acids is 2. The minimum Gasteiger partial charge on any atom is -0.341 e. The van der Waals surface area contributed by atoms with Crippen LogP contribution in [0, 0.1) is 12.8 Å². The molecule has 0 spiro atoms. The van der Waals surface area contributed by atoms with E-state index in [0.29, 0.717) is 19.6 Å². The molecule has 1 aliphatic heterocycles. The second kappa shape index (κ2) is 7.68. The summed E-state index contributed by atoms with van der Waals surface area (Å²) in [5, 5.41) is 4.42. The Balaban J connectivity index is 1.60. The van der Waals surface area contributed by atoms with Crippen LogP contribution in [0.15, 0.2) is 30.6 Å². The van der Waals surface area contributed by atoms with Gasteiger partial charge in [-0.15, -0.1) is 0 Å². The summed E-state index contributed by atoms with van der Waals surface area (Å²) >= 11 is 0. The maximum absolute atomic E-state index is 12.8. The van der Waals surface area contributed by atoms with Crippen molar-refractivity contribution in [3.8, 4) is 0 Å². The third kappa shape index (κ3) is 3.92. The third-order valence-corrected chi connectivity index (χ3v) is 4.80. The lowest BCUT2D eigenvalue weighted by Gasteiger charge is -2.21. The van der Waals surface area contributed by atoms with Crippen molar-refractivity contribution in [2.75, 3.05) is 13.6 Å². The number of likely N-dealkylation sites (tertiary alicyclic amines) is 1. The van der Waals surface area contributed by atoms with Crippen molar-refractivity contribution in [3.63, 3.8) is 0 Å². The molecule has 0 aliphatic carbocycles. The van der Waals surface area contributed by atoms with Crippen LogP contribution >= 0.6 is 0 Å². The Hall–Kier alpha value is -2.70. The fraction of sp³-hybridized carbons (Fsp3) is 0.474. The molecule has 0 N–H and O–H groups in total. The molecule has 2 amide bonds. The van der Waals surface area contributed by atoms with E-state index in [1.165, 1.54) is 0 Å². The van der Waals surface area contributed by atoms with Crippen LogP contribution in [-0.4, -0.2) is 50.0 Å². The molecule has 0 saturated carbocycles. The van der Waals surface area contributed by atoms with Crippen LogP contribution in [0.5, 0.6) is 0 Å². The highest BCUT2D eigenvalue weighted by atomic mass is 16.2. The molecule has 1 atom stereocenters. The van der Waals surface area contributed by atoms with Crippen LogP contribution in [0.1, 0.15) is 30.3 Å². The average molecular weight is 355 g/mol. The number of nitrogens with zero attached hydrogens (tertiary/aromatic N) is 5. The molecular formula is C19H25N5O2. The Kier molecular flexibility index (Phi) is 5.35. The Labute approximate surface area is 153 Å². The second-order valence-corrected chi connectivity index (χ2v) is 6.79. The molecule has 3 rings (SSSR count). The zero-order valence-corrected chi connectivity index (χ0v) is 15.6. The Morgan fingerprint density at radius 1 is 1.38 bits per heavy atom. The smallest absolute Gasteiger partial charge is 0.228 e. The zero-order valence-electron chi connectivity index (χ0n) is 15.6. The van der Waals surface area contributed by atoms with Crippen molar-refractivity contribution in [1.29, 1.82) is 0 Å². The van der Waals surface area contributed by atoms with Crippen molar-refractivity contribution >= 4 is 11.8 Å². The summed E-state index contributed by atoms with van der Waals surface area (Å²) in [5.41, 5.74) is 2.81. The van der Waals surface area contributed by atoms with Crippen LogP contribution in [0.3, 0.4) is 0 Å². The number of carbonyl (C=O) groups is 2. The van der Waals surface area contributed by atoms with Gasteiger partial charge in [-0.25, -0.2) is 0 Å². The lowest BCUT2D eigenvalue weighted by Crippen LogP contribution is -2.34. The van der Waals surface area contributed by atoms with Crippen LogP contribution in [-0.2, 0) is 29.2 Å². The fourth-order valence-electron chi connectivity index (χ4n) is 3.30. The normalized spacial score (nSPS) is 17.0. The number of aromatic nitrogens is 3. The van der Waals surface area contributed by atoms with Gasteiger partial charge in [-0.05, 0) is 26.0 Å². The van der Waals surface area contributed by atoms with Gasteiger partial charge in [0.15, 0.2) is 0 Å². The minimum absolute atomic E-state index is 0.00511. The van der Waals surface area contributed by atoms with Gasteiger partial charge in [-0.3, -0.25) is 19.3 Å². The van der Waals surface area contributed by atoms with Crippen molar-refractivity contribution in [3.05, 3.63) is 47.5 Å². The summed E-state index contributed by atoms with van der Waals surface area (Å²) in [5.74, 6) is -0.277. The molecule has 0 aromatic carbocycles. The van der Waals surface area contributed by atoms with Gasteiger partial charge in [0, 0.05) is 51.1 Å². The highest BCUT2D eigenvalue weighted by Gasteiger charge is 2.35. The van der Waals surface area contributed by atoms with Crippen LogP contribution in [0.4, 0.5) is 0 Å². The first kappa shape index (κ1) is 18.1. The van der Waals surface area contributed by atoms with Crippen molar-refractivity contribution < 1.29 is 9.59 Å². The molecule has 7 nitrogen and oxygen atoms in total. The van der Waals surface area contributed by atoms with E-state index in [1.54, 1.807) is 23.0 Å². The second-order valence-electron chi connectivity index (χ2n) is 6.79. The predicted molar refractivity (Wildman–Crippen MR) is 96.9 cm³/mol. The summed E-state index contributed by atoms with van der Waals surface area (Å²) in [6.07, 6.45) is 3.96. The number of hydrogen-bond donors (Lipinski definition) is 0. The zero-order chi connectivity index (χ0) is 18.7. The summed E-state index contributed by atoms with van der Waals surface area (Å²) in [4.78, 5) is 32.8. The largest absolute Gasteiger partial charge is 0.341 e. The summed E-state index contributed by atoms with van der Waals surface area (Å²) in [6.45, 7) is 6.20. The standard InChI is InChI=1S/C19H25N5O2/c1-4-24-12-16(14(2)21-24)10-22(3)19(26)15-9-18(25)23(11-15)13-17-7-5-6-8-20-17/h5-8,12,15H,4,9-11,13H2,1-3H3/t15-/m0/s1. The van der Waals surface area contributed by atoms with E-state index in [4.69, 9.17) is 0 Å². The summed E-state index contributed by atoms with van der Waals surface area (Å²) in [6, 6.07) is 5.64. The van der Waals surface area contributed by atoms with Gasteiger partial charge < -0.3 is 9.80 Å². The monoisotopic (exact) mass is 355 g/mol. The maximum atomic E-state index is 12.8. The first-order valence-electron chi connectivity index (χ1n) is 8.93. The minimum atomic E-state index is -0.294. The lowest BCUT2D eigenvalue weighted by molar-refractivity contribution is -0.135. The van der Waals surface area contributed by atoms with E-state index in [0.717, 1.165) is 23.5 Å². The molecule has 1 aliphatic rings. The van der Waals surface area contributed by atoms with E-state index in [-0.39, 0.29) is 24.2 Å². The van der Waals surface area contributed by atoms with E-state index >= 15 is 0 Å². The topological polar surface area (TPSA) is 71.3 Å². The lowest BCUT2D eigenvalue weighted by atomic mass is 10.1. The number of rotatable bonds is 6. The third-order valence-electron chi connectivity index (χ3n) is 4.80. The van der Waals surface area contributed by atoms with Gasteiger partial charge in [0.1, 0.15) is 0 Å². The molecule has 1 fully saturated rings.